The van der Waals surface area contributed by atoms with Crippen LogP contribution in [0.2, 0.25) is 0 Å². The molecule has 1 aliphatic carbocycles. The number of carbonyl (C=O) groups is 2. The van der Waals surface area contributed by atoms with E-state index < -0.39 is 0 Å². The van der Waals surface area contributed by atoms with E-state index in [0.29, 0.717) is 23.7 Å². The first kappa shape index (κ1) is 18.9. The van der Waals surface area contributed by atoms with Crippen LogP contribution in [0.25, 0.3) is 0 Å². The van der Waals surface area contributed by atoms with E-state index in [9.17, 15) is 9.59 Å². The summed E-state index contributed by atoms with van der Waals surface area (Å²) >= 11 is 1.65. The minimum Gasteiger partial charge on any atom is -0.497 e. The van der Waals surface area contributed by atoms with Crippen molar-refractivity contribution in [1.29, 1.82) is 0 Å². The van der Waals surface area contributed by atoms with Crippen LogP contribution in [-0.2, 0) is 9.59 Å². The van der Waals surface area contributed by atoms with Gasteiger partial charge in [0, 0.05) is 24.6 Å². The number of anilines is 1. The summed E-state index contributed by atoms with van der Waals surface area (Å²) in [6.45, 7) is 0. The fraction of sp³-hybridized carbons (Fsp3) is 0.429. The van der Waals surface area contributed by atoms with Crippen LogP contribution < -0.4 is 10.1 Å². The van der Waals surface area contributed by atoms with E-state index >= 15 is 0 Å². The Hall–Kier alpha value is -2.41. The third-order valence-electron chi connectivity index (χ3n) is 5.19. The molecule has 28 heavy (non-hydrogen) atoms. The maximum Gasteiger partial charge on any atom is 0.261 e. The number of allylic oxidation sites excluding steroid dienone is 1. The molecule has 0 saturated carbocycles. The smallest absolute Gasteiger partial charge is 0.261 e. The molecule has 2 aliphatic heterocycles. The molecule has 0 spiro atoms. The van der Waals surface area contributed by atoms with Gasteiger partial charge in [-0.3, -0.25) is 9.59 Å². The molecule has 2 amide bonds. The fourth-order valence-electron chi connectivity index (χ4n) is 3.78. The van der Waals surface area contributed by atoms with Gasteiger partial charge < -0.3 is 10.1 Å². The highest BCUT2D eigenvalue weighted by Crippen LogP contribution is 2.46. The van der Waals surface area contributed by atoms with Crippen LogP contribution in [0.4, 0.5) is 5.69 Å². The van der Waals surface area contributed by atoms with E-state index in [1.165, 1.54) is 23.3 Å². The Balaban J connectivity index is 1.37. The number of carbonyl (C=O) groups excluding carboxylic acids is 2. The van der Waals surface area contributed by atoms with Gasteiger partial charge in [-0.25, -0.2) is 4.99 Å². The quantitative estimate of drug-likeness (QED) is 0.802. The number of ether oxygens (including phenoxy) is 1. The Morgan fingerprint density at radius 3 is 2.96 bits per heavy atom. The van der Waals surface area contributed by atoms with Gasteiger partial charge in [0.15, 0.2) is 0 Å². The maximum absolute atomic E-state index is 12.6. The first-order chi connectivity index (χ1) is 13.6. The molecule has 4 rings (SSSR count). The summed E-state index contributed by atoms with van der Waals surface area (Å²) in [6.07, 6.45) is 6.13. The average molecular weight is 398 g/mol. The summed E-state index contributed by atoms with van der Waals surface area (Å²) in [7, 11) is 1.58. The highest BCUT2D eigenvalue weighted by Gasteiger charge is 2.39. The molecule has 2 heterocycles. The number of thioether (sulfide) groups is 1. The molecule has 6 nitrogen and oxygen atoms in total. The lowest BCUT2D eigenvalue weighted by atomic mass is 9.94. The number of hydrogen-bond donors (Lipinski definition) is 1. The van der Waals surface area contributed by atoms with Gasteiger partial charge in [-0.1, -0.05) is 24.2 Å². The van der Waals surface area contributed by atoms with E-state index in [1.54, 1.807) is 31.0 Å². The van der Waals surface area contributed by atoms with Crippen molar-refractivity contribution in [2.75, 3.05) is 12.4 Å². The van der Waals surface area contributed by atoms with Crippen molar-refractivity contribution in [2.45, 2.75) is 44.9 Å². The lowest BCUT2D eigenvalue weighted by Gasteiger charge is -2.16. The Labute approximate surface area is 168 Å². The number of amidine groups is 1. The van der Waals surface area contributed by atoms with Crippen molar-refractivity contribution < 1.29 is 14.3 Å². The average Bonchev–Trinajstić information content (AvgIpc) is 2.88. The number of nitrogens with zero attached hydrogens (tertiary/aromatic N) is 2. The number of rotatable bonds is 5. The topological polar surface area (TPSA) is 80.1 Å². The molecule has 7 heteroatoms. The second kappa shape index (κ2) is 8.31. The van der Waals surface area contributed by atoms with Crippen molar-refractivity contribution in [2.24, 2.45) is 15.9 Å². The molecule has 1 atom stereocenters. The SMILES string of the molecule is COc1cccc(NC(=O)CCC2=NC(=O)C3C(=N2)SC2=C3CCCCC2)c1. The minimum absolute atomic E-state index is 0.118. The summed E-state index contributed by atoms with van der Waals surface area (Å²) in [5.41, 5.74) is 1.92. The highest BCUT2D eigenvalue weighted by molar-refractivity contribution is 8.17. The number of amides is 2. The first-order valence-electron chi connectivity index (χ1n) is 9.67. The van der Waals surface area contributed by atoms with Gasteiger partial charge in [0.2, 0.25) is 5.91 Å². The number of hydrogen-bond acceptors (Lipinski definition) is 5. The molecular formula is C21H23N3O3S. The van der Waals surface area contributed by atoms with Gasteiger partial charge in [-0.2, -0.15) is 4.99 Å². The summed E-state index contributed by atoms with van der Waals surface area (Å²) in [6, 6.07) is 7.21. The molecule has 0 aromatic heterocycles. The number of benzene rings is 1. The molecule has 0 radical (unpaired) electrons. The zero-order chi connectivity index (χ0) is 19.5. The monoisotopic (exact) mass is 397 g/mol. The number of nitrogens with one attached hydrogen (secondary N) is 1. The van der Waals surface area contributed by atoms with Gasteiger partial charge in [0.1, 0.15) is 17.5 Å². The van der Waals surface area contributed by atoms with E-state index in [2.05, 4.69) is 15.3 Å². The van der Waals surface area contributed by atoms with E-state index in [-0.39, 0.29) is 24.2 Å². The lowest BCUT2D eigenvalue weighted by Crippen LogP contribution is -2.26. The molecule has 3 aliphatic rings. The predicted molar refractivity (Wildman–Crippen MR) is 112 cm³/mol. The summed E-state index contributed by atoms with van der Waals surface area (Å²) in [5, 5.41) is 3.70. The number of aliphatic imine (C=N–C) groups is 2. The van der Waals surface area contributed by atoms with Crippen LogP contribution >= 0.6 is 11.8 Å². The molecule has 146 valence electrons. The fourth-order valence-corrected chi connectivity index (χ4v) is 5.14. The van der Waals surface area contributed by atoms with Crippen molar-refractivity contribution in [1.82, 2.24) is 0 Å². The summed E-state index contributed by atoms with van der Waals surface area (Å²) in [5.74, 6) is 0.629. The molecule has 1 aromatic rings. The van der Waals surface area contributed by atoms with Gasteiger partial charge in [-0.05, 0) is 48.3 Å². The van der Waals surface area contributed by atoms with Crippen LogP contribution in [0.3, 0.4) is 0 Å². The van der Waals surface area contributed by atoms with Crippen molar-refractivity contribution in [3.8, 4) is 5.75 Å². The Kier molecular flexibility index (Phi) is 5.62. The van der Waals surface area contributed by atoms with Crippen molar-refractivity contribution >= 4 is 40.1 Å². The molecule has 0 saturated heterocycles. The van der Waals surface area contributed by atoms with Gasteiger partial charge in [0.05, 0.1) is 12.2 Å². The van der Waals surface area contributed by atoms with Crippen LogP contribution in [-0.4, -0.2) is 29.8 Å². The summed E-state index contributed by atoms with van der Waals surface area (Å²) in [4.78, 5) is 35.0. The van der Waals surface area contributed by atoms with Crippen LogP contribution in [0, 0.1) is 5.92 Å². The Morgan fingerprint density at radius 2 is 2.11 bits per heavy atom. The number of fused-ring (bicyclic) bond motifs is 2. The molecule has 0 fully saturated rings. The van der Waals surface area contributed by atoms with E-state index in [1.807, 2.05) is 12.1 Å². The van der Waals surface area contributed by atoms with Crippen molar-refractivity contribution in [3.05, 3.63) is 34.7 Å². The van der Waals surface area contributed by atoms with E-state index in [0.717, 1.165) is 24.3 Å². The Bertz CT molecular complexity index is 904. The van der Waals surface area contributed by atoms with Gasteiger partial charge >= 0.3 is 0 Å². The zero-order valence-corrected chi connectivity index (χ0v) is 16.7. The molecule has 1 N–H and O–H groups in total. The highest BCUT2D eigenvalue weighted by atomic mass is 32.2. The van der Waals surface area contributed by atoms with E-state index in [4.69, 9.17) is 4.74 Å². The lowest BCUT2D eigenvalue weighted by molar-refractivity contribution is -0.119. The second-order valence-electron chi connectivity index (χ2n) is 7.14. The molecular weight excluding hydrogens is 374 g/mol. The third-order valence-corrected chi connectivity index (χ3v) is 6.43. The molecule has 1 aromatic carbocycles. The molecule has 0 bridgehead atoms. The number of methoxy groups -OCH3 is 1. The largest absolute Gasteiger partial charge is 0.497 e. The third kappa shape index (κ3) is 4.04. The maximum atomic E-state index is 12.6. The van der Waals surface area contributed by atoms with Crippen LogP contribution in [0.1, 0.15) is 44.9 Å². The zero-order valence-electron chi connectivity index (χ0n) is 15.9. The molecule has 1 unspecified atom stereocenters. The van der Waals surface area contributed by atoms with Crippen molar-refractivity contribution in [3.63, 3.8) is 0 Å². The minimum atomic E-state index is -0.257. The summed E-state index contributed by atoms with van der Waals surface area (Å²) < 4.78 is 5.16. The van der Waals surface area contributed by atoms with Crippen LogP contribution in [0.5, 0.6) is 5.75 Å². The van der Waals surface area contributed by atoms with Gasteiger partial charge in [0.25, 0.3) is 5.91 Å². The first-order valence-corrected chi connectivity index (χ1v) is 10.5. The Morgan fingerprint density at radius 1 is 1.25 bits per heavy atom. The standard InChI is InChI=1S/C21H23N3O3S/c1-27-14-7-5-6-13(12-14)22-18(25)11-10-17-23-20(26)19-15-8-3-2-4-9-16(15)28-21(19)24-17/h5-7,12,19H,2-4,8-11H2,1H3,(H,22,25). The predicted octanol–water partition coefficient (Wildman–Crippen LogP) is 4.33. The van der Waals surface area contributed by atoms with Crippen LogP contribution in [0.15, 0.2) is 44.7 Å². The van der Waals surface area contributed by atoms with Gasteiger partial charge in [-0.15, -0.1) is 0 Å². The second-order valence-corrected chi connectivity index (χ2v) is 8.26. The normalized spacial score (nSPS) is 21.3.